The number of amides is 2. The lowest BCUT2D eigenvalue weighted by Gasteiger charge is -2.20. The molecule has 0 aromatic heterocycles. The third kappa shape index (κ3) is 3.49. The number of urea groups is 1. The van der Waals surface area contributed by atoms with E-state index in [2.05, 4.69) is 11.2 Å². The summed E-state index contributed by atoms with van der Waals surface area (Å²) in [5.41, 5.74) is 1.23. The highest BCUT2D eigenvalue weighted by molar-refractivity contribution is 5.91. The Bertz CT molecular complexity index is 544. The molecule has 1 aromatic carbocycles. The van der Waals surface area contributed by atoms with Gasteiger partial charge in [-0.1, -0.05) is 12.0 Å². The number of nitrogens with zero attached hydrogens (tertiary/aromatic N) is 1. The number of nitrogens with one attached hydrogen (secondary N) is 1. The molecule has 1 aromatic rings. The SMILES string of the molecule is C#Cc1cccc(NC(=O)N(CC(=O)O)C2CC2)c1. The second kappa shape index (κ2) is 5.44. The van der Waals surface area contributed by atoms with Gasteiger partial charge in [-0.3, -0.25) is 4.79 Å². The van der Waals surface area contributed by atoms with Crippen molar-refractivity contribution in [2.45, 2.75) is 18.9 Å². The Balaban J connectivity index is 2.06. The van der Waals surface area contributed by atoms with Gasteiger partial charge in [0.1, 0.15) is 6.54 Å². The molecule has 0 heterocycles. The number of carbonyl (C=O) groups excluding carboxylic acids is 1. The van der Waals surface area contributed by atoms with Gasteiger partial charge in [0.2, 0.25) is 0 Å². The highest BCUT2D eigenvalue weighted by Gasteiger charge is 2.33. The topological polar surface area (TPSA) is 69.6 Å². The van der Waals surface area contributed by atoms with Gasteiger partial charge in [-0.15, -0.1) is 6.42 Å². The number of rotatable bonds is 4. The van der Waals surface area contributed by atoms with Crippen molar-refractivity contribution < 1.29 is 14.7 Å². The molecule has 1 fully saturated rings. The van der Waals surface area contributed by atoms with Crippen molar-refractivity contribution in [3.05, 3.63) is 29.8 Å². The molecule has 1 saturated carbocycles. The van der Waals surface area contributed by atoms with Crippen molar-refractivity contribution in [3.63, 3.8) is 0 Å². The maximum Gasteiger partial charge on any atom is 0.323 e. The molecule has 0 aliphatic heterocycles. The van der Waals surface area contributed by atoms with E-state index in [1.807, 2.05) is 0 Å². The van der Waals surface area contributed by atoms with E-state index in [9.17, 15) is 9.59 Å². The number of benzene rings is 1. The van der Waals surface area contributed by atoms with Gasteiger partial charge in [-0.05, 0) is 31.0 Å². The summed E-state index contributed by atoms with van der Waals surface area (Å²) in [6.07, 6.45) is 6.99. The van der Waals surface area contributed by atoms with Crippen molar-refractivity contribution >= 4 is 17.7 Å². The number of carboxylic acids is 1. The molecule has 0 bridgehead atoms. The maximum atomic E-state index is 12.0. The Morgan fingerprint density at radius 1 is 1.47 bits per heavy atom. The van der Waals surface area contributed by atoms with E-state index in [0.717, 1.165) is 12.8 Å². The number of hydrogen-bond acceptors (Lipinski definition) is 2. The molecule has 0 saturated heterocycles. The number of terminal acetylenes is 1. The molecule has 5 nitrogen and oxygen atoms in total. The quantitative estimate of drug-likeness (QED) is 0.808. The van der Waals surface area contributed by atoms with Crippen molar-refractivity contribution in [2.24, 2.45) is 0 Å². The first-order chi connectivity index (χ1) is 9.10. The van der Waals surface area contributed by atoms with Crippen molar-refractivity contribution in [1.29, 1.82) is 0 Å². The number of carboxylic acid groups (broad SMARTS) is 1. The van der Waals surface area contributed by atoms with Crippen LogP contribution in [0, 0.1) is 12.3 Å². The Labute approximate surface area is 111 Å². The van der Waals surface area contributed by atoms with Gasteiger partial charge in [-0.2, -0.15) is 0 Å². The summed E-state index contributed by atoms with van der Waals surface area (Å²) < 4.78 is 0. The minimum Gasteiger partial charge on any atom is -0.480 e. The van der Waals surface area contributed by atoms with Crippen LogP contribution in [0.2, 0.25) is 0 Å². The van der Waals surface area contributed by atoms with Crippen molar-refractivity contribution in [3.8, 4) is 12.3 Å². The highest BCUT2D eigenvalue weighted by Crippen LogP contribution is 2.27. The predicted molar refractivity (Wildman–Crippen MR) is 70.8 cm³/mol. The molecule has 98 valence electrons. The van der Waals surface area contributed by atoms with Crippen LogP contribution in [0.1, 0.15) is 18.4 Å². The Morgan fingerprint density at radius 3 is 2.79 bits per heavy atom. The van der Waals surface area contributed by atoms with Crippen LogP contribution in [-0.2, 0) is 4.79 Å². The zero-order valence-electron chi connectivity index (χ0n) is 10.3. The Hall–Kier alpha value is -2.48. The van der Waals surface area contributed by atoms with E-state index >= 15 is 0 Å². The number of anilines is 1. The lowest BCUT2D eigenvalue weighted by molar-refractivity contribution is -0.137. The van der Waals surface area contributed by atoms with Gasteiger partial charge >= 0.3 is 12.0 Å². The predicted octanol–water partition coefficient (Wildman–Crippen LogP) is 1.75. The van der Waals surface area contributed by atoms with Crippen molar-refractivity contribution in [1.82, 2.24) is 4.90 Å². The fourth-order valence-electron chi connectivity index (χ4n) is 1.78. The molecular weight excluding hydrogens is 244 g/mol. The molecule has 1 aliphatic rings. The third-order valence-corrected chi connectivity index (χ3v) is 2.83. The third-order valence-electron chi connectivity index (χ3n) is 2.83. The molecule has 2 N–H and O–H groups in total. The number of hydrogen-bond donors (Lipinski definition) is 2. The van der Waals surface area contributed by atoms with Crippen LogP contribution in [0.3, 0.4) is 0 Å². The minimum absolute atomic E-state index is 0.0342. The van der Waals surface area contributed by atoms with Gasteiger partial charge in [0.25, 0.3) is 0 Å². The molecule has 0 radical (unpaired) electrons. The largest absolute Gasteiger partial charge is 0.480 e. The van der Waals surface area contributed by atoms with E-state index in [1.165, 1.54) is 4.90 Å². The summed E-state index contributed by atoms with van der Waals surface area (Å²) in [6.45, 7) is -0.286. The van der Waals surface area contributed by atoms with Crippen LogP contribution in [0.5, 0.6) is 0 Å². The smallest absolute Gasteiger partial charge is 0.323 e. The summed E-state index contributed by atoms with van der Waals surface area (Å²) in [4.78, 5) is 24.1. The first kappa shape index (κ1) is 13.0. The molecule has 2 rings (SSSR count). The molecule has 0 spiro atoms. The van der Waals surface area contributed by atoms with Crippen LogP contribution >= 0.6 is 0 Å². The standard InChI is InChI=1S/C14H14N2O3/c1-2-10-4-3-5-11(8-10)15-14(19)16(9-13(17)18)12-6-7-12/h1,3-5,8,12H,6-7,9H2,(H,15,19)(H,17,18). The monoisotopic (exact) mass is 258 g/mol. The normalized spacial score (nSPS) is 13.4. The highest BCUT2D eigenvalue weighted by atomic mass is 16.4. The molecular formula is C14H14N2O3. The Kier molecular flexibility index (Phi) is 3.71. The Morgan fingerprint density at radius 2 is 2.21 bits per heavy atom. The van der Waals surface area contributed by atoms with E-state index in [-0.39, 0.29) is 12.6 Å². The lowest BCUT2D eigenvalue weighted by atomic mass is 10.2. The van der Waals surface area contributed by atoms with Gasteiger partial charge < -0.3 is 15.3 Å². The van der Waals surface area contributed by atoms with E-state index < -0.39 is 12.0 Å². The number of carbonyl (C=O) groups is 2. The minimum atomic E-state index is -1.01. The summed E-state index contributed by atoms with van der Waals surface area (Å²) >= 11 is 0. The lowest BCUT2D eigenvalue weighted by Crippen LogP contribution is -2.40. The summed E-state index contributed by atoms with van der Waals surface area (Å²) in [5, 5.41) is 11.5. The molecule has 0 atom stereocenters. The van der Waals surface area contributed by atoms with Gasteiger partial charge in [0.15, 0.2) is 0 Å². The van der Waals surface area contributed by atoms with Crippen LogP contribution in [-0.4, -0.2) is 34.6 Å². The zero-order valence-corrected chi connectivity index (χ0v) is 10.3. The van der Waals surface area contributed by atoms with Gasteiger partial charge in [0, 0.05) is 17.3 Å². The molecule has 0 unspecified atom stereocenters. The van der Waals surface area contributed by atoms with E-state index in [0.29, 0.717) is 11.3 Å². The molecule has 5 heteroatoms. The van der Waals surface area contributed by atoms with E-state index in [1.54, 1.807) is 24.3 Å². The molecule has 1 aliphatic carbocycles. The number of aliphatic carboxylic acids is 1. The van der Waals surface area contributed by atoms with Crippen LogP contribution in [0.15, 0.2) is 24.3 Å². The first-order valence-corrected chi connectivity index (χ1v) is 5.96. The summed E-state index contributed by atoms with van der Waals surface area (Å²) in [6, 6.07) is 6.51. The fourth-order valence-corrected chi connectivity index (χ4v) is 1.78. The van der Waals surface area contributed by atoms with Crippen molar-refractivity contribution in [2.75, 3.05) is 11.9 Å². The summed E-state index contributed by atoms with van der Waals surface area (Å²) in [7, 11) is 0. The second-order valence-electron chi connectivity index (χ2n) is 4.41. The second-order valence-corrected chi connectivity index (χ2v) is 4.41. The first-order valence-electron chi connectivity index (χ1n) is 5.96. The van der Waals surface area contributed by atoms with Crippen LogP contribution in [0.4, 0.5) is 10.5 Å². The summed E-state index contributed by atoms with van der Waals surface area (Å²) in [5.74, 6) is 1.46. The molecule has 2 amide bonds. The average molecular weight is 258 g/mol. The van der Waals surface area contributed by atoms with E-state index in [4.69, 9.17) is 11.5 Å². The van der Waals surface area contributed by atoms with Crippen LogP contribution < -0.4 is 5.32 Å². The van der Waals surface area contributed by atoms with Gasteiger partial charge in [0.05, 0.1) is 0 Å². The maximum absolute atomic E-state index is 12.0. The fraction of sp³-hybridized carbons (Fsp3) is 0.286. The molecule has 19 heavy (non-hydrogen) atoms. The van der Waals surface area contributed by atoms with Gasteiger partial charge in [-0.25, -0.2) is 4.79 Å². The zero-order chi connectivity index (χ0) is 13.8. The average Bonchev–Trinajstić information content (AvgIpc) is 3.20. The van der Waals surface area contributed by atoms with Crippen LogP contribution in [0.25, 0.3) is 0 Å².